The number of imidazole rings is 1. The Morgan fingerprint density at radius 3 is 2.85 bits per heavy atom. The van der Waals surface area contributed by atoms with Gasteiger partial charge < -0.3 is 14.6 Å². The number of nitrogens with zero attached hydrogens (tertiary/aromatic N) is 2. The first-order valence-corrected chi connectivity index (χ1v) is 9.15. The molecule has 7 heteroatoms. The molecule has 0 unspecified atom stereocenters. The second-order valence-electron chi connectivity index (χ2n) is 5.79. The number of halogens is 1. The van der Waals surface area contributed by atoms with E-state index < -0.39 is 0 Å². The minimum atomic E-state index is -0.346. The lowest BCUT2D eigenvalue weighted by Gasteiger charge is -2.10. The van der Waals surface area contributed by atoms with Gasteiger partial charge in [-0.15, -0.1) is 0 Å². The number of anilines is 1. The van der Waals surface area contributed by atoms with Gasteiger partial charge in [-0.1, -0.05) is 30.0 Å². The summed E-state index contributed by atoms with van der Waals surface area (Å²) in [6.07, 6.45) is 2.01. The number of rotatable bonds is 5. The number of carbonyl (C=O) groups is 1. The van der Waals surface area contributed by atoms with Gasteiger partial charge in [0.15, 0.2) is 11.8 Å². The van der Waals surface area contributed by atoms with E-state index >= 15 is 0 Å². The molecule has 1 amide bonds. The molecule has 5 nitrogen and oxygen atoms in total. The number of fused-ring (bicyclic) bond motifs is 1. The summed E-state index contributed by atoms with van der Waals surface area (Å²) in [5.74, 6) is 0.850. The highest BCUT2D eigenvalue weighted by atomic mass is 32.2. The maximum atomic E-state index is 12.9. The summed E-state index contributed by atoms with van der Waals surface area (Å²) < 4.78 is 20.4. The van der Waals surface area contributed by atoms with Gasteiger partial charge in [0.2, 0.25) is 0 Å². The van der Waals surface area contributed by atoms with Crippen molar-refractivity contribution in [3.63, 3.8) is 0 Å². The molecule has 0 atom stereocenters. The van der Waals surface area contributed by atoms with Crippen molar-refractivity contribution in [1.29, 1.82) is 0 Å². The molecule has 1 N–H and O–H groups in total. The Morgan fingerprint density at radius 1 is 1.23 bits per heavy atom. The number of aryl methyl sites for hydroxylation is 1. The van der Waals surface area contributed by atoms with E-state index in [1.165, 1.54) is 24.3 Å². The van der Waals surface area contributed by atoms with Crippen molar-refractivity contribution in [3.05, 3.63) is 60.5 Å². The number of ether oxygens (including phenoxy) is 1. The lowest BCUT2D eigenvalue weighted by atomic mass is 10.1. The summed E-state index contributed by atoms with van der Waals surface area (Å²) in [6, 6.07) is 13.1. The number of amides is 1. The number of thioether (sulfide) groups is 1. The number of carbonyl (C=O) groups excluding carboxylic acids is 1. The number of hydrogen-bond acceptors (Lipinski definition) is 4. The predicted molar refractivity (Wildman–Crippen MR) is 98.9 cm³/mol. The molecule has 0 radical (unpaired) electrons. The van der Waals surface area contributed by atoms with Gasteiger partial charge in [-0.3, -0.25) is 4.79 Å². The monoisotopic (exact) mass is 369 g/mol. The van der Waals surface area contributed by atoms with E-state index in [1.54, 1.807) is 11.8 Å². The van der Waals surface area contributed by atoms with Crippen LogP contribution >= 0.6 is 11.8 Å². The zero-order valence-corrected chi connectivity index (χ0v) is 14.6. The quantitative estimate of drug-likeness (QED) is 0.743. The van der Waals surface area contributed by atoms with Crippen LogP contribution in [0.25, 0.3) is 11.3 Å². The van der Waals surface area contributed by atoms with Gasteiger partial charge in [0.1, 0.15) is 11.6 Å². The Balaban J connectivity index is 1.46. The zero-order chi connectivity index (χ0) is 17.9. The fourth-order valence-corrected chi connectivity index (χ4v) is 3.66. The first-order valence-electron chi connectivity index (χ1n) is 8.16. The van der Waals surface area contributed by atoms with E-state index in [9.17, 15) is 9.18 Å². The van der Waals surface area contributed by atoms with Crippen molar-refractivity contribution < 1.29 is 13.9 Å². The Labute approximate surface area is 154 Å². The highest BCUT2D eigenvalue weighted by molar-refractivity contribution is 7.99. The van der Waals surface area contributed by atoms with Crippen molar-refractivity contribution in [2.75, 3.05) is 17.7 Å². The molecule has 2 heterocycles. The van der Waals surface area contributed by atoms with Crippen LogP contribution < -0.4 is 10.1 Å². The lowest BCUT2D eigenvalue weighted by molar-refractivity contribution is -0.118. The lowest BCUT2D eigenvalue weighted by Crippen LogP contribution is -2.20. The summed E-state index contributed by atoms with van der Waals surface area (Å²) >= 11 is 1.73. The number of benzene rings is 2. The summed E-state index contributed by atoms with van der Waals surface area (Å²) in [5.41, 5.74) is 2.38. The number of aromatic nitrogens is 2. The molecule has 132 valence electrons. The van der Waals surface area contributed by atoms with Gasteiger partial charge in [-0.2, -0.15) is 0 Å². The molecule has 0 aliphatic carbocycles. The summed E-state index contributed by atoms with van der Waals surface area (Å²) in [5, 5.41) is 3.86. The largest absolute Gasteiger partial charge is 0.484 e. The molecule has 0 bridgehead atoms. The van der Waals surface area contributed by atoms with Crippen LogP contribution in [0.4, 0.5) is 10.1 Å². The standard InChI is InChI=1S/C19H16FN3O2S/c20-13-5-7-14(8-6-13)25-12-18(24)21-16-4-2-1-3-15(16)17-11-23-9-10-26-19(23)22-17/h1-8,11H,9-10,12H2,(H,21,24). The van der Waals surface area contributed by atoms with E-state index in [-0.39, 0.29) is 18.3 Å². The van der Waals surface area contributed by atoms with Gasteiger partial charge in [0.25, 0.3) is 5.91 Å². The Kier molecular flexibility index (Phi) is 4.62. The fraction of sp³-hybridized carbons (Fsp3) is 0.158. The van der Waals surface area contributed by atoms with Gasteiger partial charge in [-0.05, 0) is 30.3 Å². The predicted octanol–water partition coefficient (Wildman–Crippen LogP) is 3.81. The Bertz CT molecular complexity index is 919. The minimum absolute atomic E-state index is 0.157. The van der Waals surface area contributed by atoms with E-state index in [2.05, 4.69) is 14.9 Å². The molecule has 1 aliphatic heterocycles. The highest BCUT2D eigenvalue weighted by Gasteiger charge is 2.17. The third-order valence-corrected chi connectivity index (χ3v) is 4.93. The zero-order valence-electron chi connectivity index (χ0n) is 13.8. The number of hydrogen-bond donors (Lipinski definition) is 1. The van der Waals surface area contributed by atoms with Crippen molar-refractivity contribution in [2.24, 2.45) is 0 Å². The highest BCUT2D eigenvalue weighted by Crippen LogP contribution is 2.32. The fourth-order valence-electron chi connectivity index (χ4n) is 2.72. The normalized spacial score (nSPS) is 12.7. The molecule has 0 saturated carbocycles. The summed E-state index contributed by atoms with van der Waals surface area (Å²) in [7, 11) is 0. The van der Waals surface area contributed by atoms with Gasteiger partial charge >= 0.3 is 0 Å². The summed E-state index contributed by atoms with van der Waals surface area (Å²) in [4.78, 5) is 16.9. The second kappa shape index (κ2) is 7.21. The number of para-hydroxylation sites is 1. The van der Waals surface area contributed by atoms with Gasteiger partial charge in [-0.25, -0.2) is 9.37 Å². The summed E-state index contributed by atoms with van der Waals surface area (Å²) in [6.45, 7) is 0.794. The SMILES string of the molecule is O=C(COc1ccc(F)cc1)Nc1ccccc1-c1cn2c(n1)SCC2. The molecular formula is C19H16FN3O2S. The van der Waals surface area contributed by atoms with Crippen molar-refractivity contribution >= 4 is 23.4 Å². The van der Waals surface area contributed by atoms with Crippen LogP contribution in [0, 0.1) is 5.82 Å². The Hall–Kier alpha value is -2.80. The molecule has 1 aliphatic rings. The first-order chi connectivity index (χ1) is 12.7. The second-order valence-corrected chi connectivity index (χ2v) is 6.85. The number of nitrogens with one attached hydrogen (secondary N) is 1. The molecule has 26 heavy (non-hydrogen) atoms. The third kappa shape index (κ3) is 3.57. The minimum Gasteiger partial charge on any atom is -0.484 e. The van der Waals surface area contributed by atoms with E-state index in [4.69, 9.17) is 4.74 Å². The molecule has 2 aromatic carbocycles. The van der Waals surface area contributed by atoms with Crippen LogP contribution in [0.5, 0.6) is 5.75 Å². The molecule has 4 rings (SSSR count). The maximum Gasteiger partial charge on any atom is 0.262 e. The van der Waals surface area contributed by atoms with Gasteiger partial charge in [0.05, 0.1) is 11.4 Å². The van der Waals surface area contributed by atoms with Crippen LogP contribution in [-0.4, -0.2) is 27.8 Å². The molecule has 0 fully saturated rings. The van der Waals surface area contributed by atoms with E-state index in [0.717, 1.165) is 28.7 Å². The smallest absolute Gasteiger partial charge is 0.262 e. The van der Waals surface area contributed by atoms with Crippen LogP contribution in [0.1, 0.15) is 0 Å². The van der Waals surface area contributed by atoms with Crippen LogP contribution in [0.3, 0.4) is 0 Å². The third-order valence-electron chi connectivity index (χ3n) is 3.96. The van der Waals surface area contributed by atoms with Crippen LogP contribution in [0.15, 0.2) is 59.9 Å². The topological polar surface area (TPSA) is 56.1 Å². The van der Waals surface area contributed by atoms with Crippen molar-refractivity contribution in [1.82, 2.24) is 9.55 Å². The molecular weight excluding hydrogens is 353 g/mol. The Morgan fingerprint density at radius 2 is 2.04 bits per heavy atom. The van der Waals surface area contributed by atoms with Gasteiger partial charge in [0, 0.05) is 24.1 Å². The molecule has 0 saturated heterocycles. The average molecular weight is 369 g/mol. The van der Waals surface area contributed by atoms with E-state index in [0.29, 0.717) is 11.4 Å². The molecule has 0 spiro atoms. The average Bonchev–Trinajstić information content (AvgIpc) is 3.24. The van der Waals surface area contributed by atoms with E-state index in [1.807, 2.05) is 30.5 Å². The maximum absolute atomic E-state index is 12.9. The first kappa shape index (κ1) is 16.7. The molecule has 1 aromatic heterocycles. The van der Waals surface area contributed by atoms with Crippen molar-refractivity contribution in [3.8, 4) is 17.0 Å². The van der Waals surface area contributed by atoms with Crippen molar-refractivity contribution in [2.45, 2.75) is 11.7 Å². The molecule has 3 aromatic rings. The van der Waals surface area contributed by atoms with Crippen LogP contribution in [-0.2, 0) is 11.3 Å². The van der Waals surface area contributed by atoms with Crippen LogP contribution in [0.2, 0.25) is 0 Å².